The maximum atomic E-state index is 12.5. The van der Waals surface area contributed by atoms with Crippen molar-refractivity contribution in [3.05, 3.63) is 89.9 Å². The summed E-state index contributed by atoms with van der Waals surface area (Å²) >= 11 is 1.51. The lowest BCUT2D eigenvalue weighted by Crippen LogP contribution is -2.37. The molecule has 1 amide bonds. The first-order valence-electron chi connectivity index (χ1n) is 8.56. The SMILES string of the molecule is C[C@@H](OC(=O)c1cccc[n+]1[O-])C(=O)Nc1ccccc1Sc1ccccc1. The van der Waals surface area contributed by atoms with Crippen molar-refractivity contribution in [2.75, 3.05) is 5.32 Å². The van der Waals surface area contributed by atoms with Gasteiger partial charge in [0.2, 0.25) is 0 Å². The smallest absolute Gasteiger partial charge is 0.405 e. The maximum absolute atomic E-state index is 12.5. The number of esters is 1. The average molecular weight is 394 g/mol. The average Bonchev–Trinajstić information content (AvgIpc) is 2.70. The van der Waals surface area contributed by atoms with Crippen LogP contribution in [0.25, 0.3) is 0 Å². The van der Waals surface area contributed by atoms with E-state index in [0.29, 0.717) is 10.4 Å². The zero-order chi connectivity index (χ0) is 19.9. The Morgan fingerprint density at radius 2 is 1.68 bits per heavy atom. The standard InChI is InChI=1S/C21H18N2O4S/c1-15(27-21(25)18-12-7-8-14-23(18)26)20(24)22-17-11-5-6-13-19(17)28-16-9-3-2-4-10-16/h2-15H,1H3,(H,22,24)/t15-/m1/s1. The fourth-order valence-corrected chi connectivity index (χ4v) is 3.29. The number of nitrogens with one attached hydrogen (secondary N) is 1. The molecule has 0 saturated carbocycles. The molecular weight excluding hydrogens is 376 g/mol. The summed E-state index contributed by atoms with van der Waals surface area (Å²) in [6.07, 6.45) is 0.126. The van der Waals surface area contributed by atoms with Crippen LogP contribution in [0.1, 0.15) is 17.4 Å². The van der Waals surface area contributed by atoms with Crippen LogP contribution in [0.5, 0.6) is 0 Å². The quantitative estimate of drug-likeness (QED) is 0.392. The molecule has 3 rings (SSSR count). The Balaban J connectivity index is 1.67. The van der Waals surface area contributed by atoms with Gasteiger partial charge in [-0.25, -0.2) is 4.79 Å². The van der Waals surface area contributed by atoms with Gasteiger partial charge in [0.05, 0.1) is 5.69 Å². The van der Waals surface area contributed by atoms with E-state index in [9.17, 15) is 14.8 Å². The predicted octanol–water partition coefficient (Wildman–Crippen LogP) is 3.66. The van der Waals surface area contributed by atoms with E-state index < -0.39 is 18.0 Å². The van der Waals surface area contributed by atoms with Crippen LogP contribution in [-0.2, 0) is 9.53 Å². The molecule has 28 heavy (non-hydrogen) atoms. The van der Waals surface area contributed by atoms with Gasteiger partial charge in [0.1, 0.15) is 0 Å². The van der Waals surface area contributed by atoms with Gasteiger partial charge in [-0.3, -0.25) is 4.79 Å². The van der Waals surface area contributed by atoms with Crippen molar-refractivity contribution in [2.45, 2.75) is 22.8 Å². The molecule has 7 heteroatoms. The van der Waals surface area contributed by atoms with Gasteiger partial charge in [-0.2, -0.15) is 4.73 Å². The predicted molar refractivity (Wildman–Crippen MR) is 106 cm³/mol. The third-order valence-electron chi connectivity index (χ3n) is 3.80. The van der Waals surface area contributed by atoms with Crippen LogP contribution in [0.4, 0.5) is 5.69 Å². The van der Waals surface area contributed by atoms with Crippen molar-refractivity contribution in [1.82, 2.24) is 0 Å². The van der Waals surface area contributed by atoms with Gasteiger partial charge >= 0.3 is 11.7 Å². The molecule has 0 bridgehead atoms. The fourth-order valence-electron chi connectivity index (χ4n) is 2.37. The van der Waals surface area contributed by atoms with Gasteiger partial charge in [0.15, 0.2) is 12.3 Å². The van der Waals surface area contributed by atoms with E-state index >= 15 is 0 Å². The lowest BCUT2D eigenvalue weighted by atomic mass is 10.3. The summed E-state index contributed by atoms with van der Waals surface area (Å²) in [5.74, 6) is -1.34. The highest BCUT2D eigenvalue weighted by molar-refractivity contribution is 7.99. The normalized spacial score (nSPS) is 11.5. The van der Waals surface area contributed by atoms with Crippen molar-refractivity contribution >= 4 is 29.3 Å². The number of carbonyl (C=O) groups is 2. The van der Waals surface area contributed by atoms with Gasteiger partial charge in [0, 0.05) is 21.9 Å². The van der Waals surface area contributed by atoms with E-state index in [4.69, 9.17) is 4.74 Å². The zero-order valence-electron chi connectivity index (χ0n) is 15.1. The number of para-hydroxylation sites is 1. The van der Waals surface area contributed by atoms with Gasteiger partial charge in [-0.05, 0) is 37.3 Å². The van der Waals surface area contributed by atoms with E-state index in [1.165, 1.54) is 37.0 Å². The lowest BCUT2D eigenvalue weighted by molar-refractivity contribution is -0.608. The first-order chi connectivity index (χ1) is 13.5. The zero-order valence-corrected chi connectivity index (χ0v) is 15.9. The molecule has 0 aliphatic carbocycles. The molecule has 0 radical (unpaired) electrons. The Morgan fingerprint density at radius 1 is 1.00 bits per heavy atom. The second kappa shape index (κ2) is 9.05. The minimum absolute atomic E-state index is 0.179. The van der Waals surface area contributed by atoms with Crippen molar-refractivity contribution in [2.24, 2.45) is 0 Å². The number of benzene rings is 2. The maximum Gasteiger partial charge on any atom is 0.405 e. The minimum Gasteiger partial charge on any atom is -0.618 e. The molecule has 0 unspecified atom stereocenters. The van der Waals surface area contributed by atoms with E-state index in [-0.39, 0.29) is 5.69 Å². The third kappa shape index (κ3) is 4.89. The summed E-state index contributed by atoms with van der Waals surface area (Å²) in [5.41, 5.74) is 0.435. The van der Waals surface area contributed by atoms with Gasteiger partial charge in [0.25, 0.3) is 5.91 Å². The highest BCUT2D eigenvalue weighted by Gasteiger charge is 2.24. The van der Waals surface area contributed by atoms with Crippen LogP contribution in [-0.4, -0.2) is 18.0 Å². The van der Waals surface area contributed by atoms with Crippen LogP contribution in [0, 0.1) is 5.21 Å². The van der Waals surface area contributed by atoms with E-state index in [2.05, 4.69) is 5.32 Å². The topological polar surface area (TPSA) is 82.3 Å². The highest BCUT2D eigenvalue weighted by Crippen LogP contribution is 2.33. The number of hydrogen-bond donors (Lipinski definition) is 1. The van der Waals surface area contributed by atoms with Gasteiger partial charge < -0.3 is 15.3 Å². The molecule has 1 N–H and O–H groups in total. The number of rotatable bonds is 6. The number of carbonyl (C=O) groups excluding carboxylic acids is 2. The van der Waals surface area contributed by atoms with E-state index in [0.717, 1.165) is 9.79 Å². The van der Waals surface area contributed by atoms with Gasteiger partial charge in [-0.1, -0.05) is 42.1 Å². The van der Waals surface area contributed by atoms with Gasteiger partial charge in [-0.15, -0.1) is 0 Å². The minimum atomic E-state index is -1.07. The first-order valence-corrected chi connectivity index (χ1v) is 9.38. The molecule has 2 aromatic carbocycles. The molecule has 1 heterocycles. The second-order valence-electron chi connectivity index (χ2n) is 5.86. The molecule has 0 aliphatic rings. The molecule has 6 nitrogen and oxygen atoms in total. The summed E-state index contributed by atoms with van der Waals surface area (Å²) in [6.45, 7) is 1.46. The number of aromatic nitrogens is 1. The molecule has 142 valence electrons. The van der Waals surface area contributed by atoms with E-state index in [1.807, 2.05) is 48.5 Å². The second-order valence-corrected chi connectivity index (χ2v) is 6.98. The molecular formula is C21H18N2O4S. The third-order valence-corrected chi connectivity index (χ3v) is 4.89. The molecule has 0 spiro atoms. The van der Waals surface area contributed by atoms with Crippen molar-refractivity contribution < 1.29 is 19.1 Å². The lowest BCUT2D eigenvalue weighted by Gasteiger charge is -2.15. The summed E-state index contributed by atoms with van der Waals surface area (Å²) in [6, 6.07) is 21.5. The van der Waals surface area contributed by atoms with Crippen molar-refractivity contribution in [3.63, 3.8) is 0 Å². The molecule has 0 fully saturated rings. The Kier molecular flexibility index (Phi) is 6.29. The summed E-state index contributed by atoms with van der Waals surface area (Å²) in [4.78, 5) is 26.5. The molecule has 0 saturated heterocycles. The number of anilines is 1. The Bertz CT molecular complexity index is 979. The number of nitrogens with zero attached hydrogens (tertiary/aromatic N) is 1. The number of hydrogen-bond acceptors (Lipinski definition) is 5. The Hall–Kier alpha value is -3.32. The fraction of sp³-hybridized carbons (Fsp3) is 0.0952. The highest BCUT2D eigenvalue weighted by atomic mass is 32.2. The molecule has 1 aromatic heterocycles. The van der Waals surface area contributed by atoms with Crippen molar-refractivity contribution in [1.29, 1.82) is 0 Å². The number of amides is 1. The number of pyridine rings is 1. The number of ether oxygens (including phenoxy) is 1. The van der Waals surface area contributed by atoms with Crippen molar-refractivity contribution in [3.8, 4) is 0 Å². The molecule has 0 aliphatic heterocycles. The van der Waals surface area contributed by atoms with Crippen LogP contribution >= 0.6 is 11.8 Å². The summed E-state index contributed by atoms with van der Waals surface area (Å²) < 4.78 is 5.53. The van der Waals surface area contributed by atoms with Crippen LogP contribution in [0.15, 0.2) is 88.8 Å². The molecule has 3 aromatic rings. The largest absolute Gasteiger partial charge is 0.618 e. The van der Waals surface area contributed by atoms with Crippen LogP contribution in [0.2, 0.25) is 0 Å². The monoisotopic (exact) mass is 394 g/mol. The first kappa shape index (κ1) is 19.4. The summed E-state index contributed by atoms with van der Waals surface area (Å²) in [7, 11) is 0. The summed E-state index contributed by atoms with van der Waals surface area (Å²) in [5, 5.41) is 14.4. The van der Waals surface area contributed by atoms with Crippen LogP contribution in [0.3, 0.4) is 0 Å². The van der Waals surface area contributed by atoms with E-state index in [1.54, 1.807) is 12.1 Å². The Labute approximate surface area is 166 Å². The van der Waals surface area contributed by atoms with Crippen LogP contribution < -0.4 is 10.0 Å². The molecule has 1 atom stereocenters. The Morgan fingerprint density at radius 3 is 2.43 bits per heavy atom.